The topological polar surface area (TPSA) is 119 Å². The van der Waals surface area contributed by atoms with Crippen molar-refractivity contribution in [1.29, 1.82) is 0 Å². The van der Waals surface area contributed by atoms with Crippen molar-refractivity contribution in [2.75, 3.05) is 26.2 Å². The monoisotopic (exact) mass is 439 g/mol. The quantitative estimate of drug-likeness (QED) is 0.576. The molecule has 0 atom stereocenters. The van der Waals surface area contributed by atoms with Crippen LogP contribution in [0.2, 0.25) is 0 Å². The van der Waals surface area contributed by atoms with E-state index >= 15 is 0 Å². The van der Waals surface area contributed by atoms with Gasteiger partial charge in [-0.05, 0) is 18.6 Å². The molecule has 156 valence electrons. The van der Waals surface area contributed by atoms with Crippen LogP contribution in [0.4, 0.5) is 0 Å². The maximum atomic E-state index is 12.9. The number of hydrogen-bond acceptors (Lipinski definition) is 7. The molecule has 0 radical (unpaired) electrons. The number of sulfonamides is 2. The highest BCUT2D eigenvalue weighted by atomic mass is 32.2. The smallest absolute Gasteiger partial charge is 0.246 e. The van der Waals surface area contributed by atoms with Crippen molar-refractivity contribution in [1.82, 2.24) is 23.5 Å². The molecule has 29 heavy (non-hydrogen) atoms. The van der Waals surface area contributed by atoms with Gasteiger partial charge in [0.15, 0.2) is 5.58 Å². The van der Waals surface area contributed by atoms with Crippen LogP contribution in [0.5, 0.6) is 0 Å². The van der Waals surface area contributed by atoms with Gasteiger partial charge in [-0.25, -0.2) is 21.1 Å². The number of hydrogen-bond donors (Lipinski definition) is 0. The highest BCUT2D eigenvalue weighted by Crippen LogP contribution is 2.23. The molecule has 0 spiro atoms. The van der Waals surface area contributed by atoms with E-state index in [9.17, 15) is 16.8 Å². The molecule has 3 aromatic rings. The number of aromatic nitrogens is 3. The summed E-state index contributed by atoms with van der Waals surface area (Å²) in [6.45, 7) is 0.654. The van der Waals surface area contributed by atoms with Gasteiger partial charge in [-0.1, -0.05) is 17.3 Å². The summed E-state index contributed by atoms with van der Waals surface area (Å²) >= 11 is 0. The van der Waals surface area contributed by atoms with E-state index in [0.717, 1.165) is 0 Å². The Morgan fingerprint density at radius 2 is 1.76 bits per heavy atom. The van der Waals surface area contributed by atoms with E-state index in [0.29, 0.717) is 23.1 Å². The number of para-hydroxylation sites is 1. The lowest BCUT2D eigenvalue weighted by molar-refractivity contribution is 0.402. The highest BCUT2D eigenvalue weighted by Gasteiger charge is 2.32. The van der Waals surface area contributed by atoms with E-state index in [1.54, 1.807) is 31.3 Å². The first-order chi connectivity index (χ1) is 13.8. The lowest BCUT2D eigenvalue weighted by Crippen LogP contribution is -2.37. The van der Waals surface area contributed by atoms with Crippen LogP contribution in [-0.2, 0) is 32.8 Å². The van der Waals surface area contributed by atoms with Crippen molar-refractivity contribution in [2.24, 2.45) is 7.05 Å². The van der Waals surface area contributed by atoms with Crippen molar-refractivity contribution in [3.8, 4) is 0 Å². The number of aryl methyl sites for hydroxylation is 1. The maximum absolute atomic E-state index is 12.9. The third kappa shape index (κ3) is 3.92. The minimum Gasteiger partial charge on any atom is -0.356 e. The van der Waals surface area contributed by atoms with Crippen LogP contribution in [0.25, 0.3) is 11.0 Å². The van der Waals surface area contributed by atoms with E-state index in [1.165, 1.54) is 25.7 Å². The maximum Gasteiger partial charge on any atom is 0.246 e. The minimum atomic E-state index is -3.71. The molecule has 1 fully saturated rings. The van der Waals surface area contributed by atoms with E-state index in [1.807, 2.05) is 0 Å². The Labute approximate surface area is 168 Å². The van der Waals surface area contributed by atoms with Crippen LogP contribution >= 0.6 is 0 Å². The van der Waals surface area contributed by atoms with E-state index in [2.05, 4.69) is 10.3 Å². The van der Waals surface area contributed by atoms with Gasteiger partial charge in [-0.3, -0.25) is 4.68 Å². The van der Waals surface area contributed by atoms with Crippen molar-refractivity contribution in [3.63, 3.8) is 0 Å². The first-order valence-corrected chi connectivity index (χ1v) is 12.1. The van der Waals surface area contributed by atoms with Gasteiger partial charge < -0.3 is 4.52 Å². The second-order valence-corrected chi connectivity index (χ2v) is 10.8. The van der Waals surface area contributed by atoms with Crippen LogP contribution in [0.1, 0.15) is 12.1 Å². The summed E-state index contributed by atoms with van der Waals surface area (Å²) in [5, 5.41) is 8.47. The zero-order valence-electron chi connectivity index (χ0n) is 15.8. The molecule has 0 saturated carbocycles. The van der Waals surface area contributed by atoms with Crippen molar-refractivity contribution in [3.05, 3.63) is 42.4 Å². The molecule has 4 rings (SSSR count). The molecule has 0 N–H and O–H groups in total. The molecule has 1 aliphatic rings. The summed E-state index contributed by atoms with van der Waals surface area (Å²) in [4.78, 5) is 0.102. The van der Waals surface area contributed by atoms with Gasteiger partial charge in [0.1, 0.15) is 16.3 Å². The average molecular weight is 440 g/mol. The Kier molecular flexibility index (Phi) is 5.19. The fraction of sp³-hybridized carbons (Fsp3) is 0.412. The van der Waals surface area contributed by atoms with Gasteiger partial charge >= 0.3 is 0 Å². The van der Waals surface area contributed by atoms with Crippen molar-refractivity contribution in [2.45, 2.75) is 17.1 Å². The highest BCUT2D eigenvalue weighted by molar-refractivity contribution is 7.89. The first kappa shape index (κ1) is 20.0. The van der Waals surface area contributed by atoms with Crippen molar-refractivity contribution < 1.29 is 21.4 Å². The molecule has 0 bridgehead atoms. The van der Waals surface area contributed by atoms with Gasteiger partial charge in [0, 0.05) is 44.8 Å². The summed E-state index contributed by atoms with van der Waals surface area (Å²) in [6, 6.07) is 7.08. The summed E-state index contributed by atoms with van der Waals surface area (Å²) in [6.07, 6.45) is 3.13. The fourth-order valence-corrected chi connectivity index (χ4v) is 6.34. The molecule has 1 aliphatic heterocycles. The fourth-order valence-electron chi connectivity index (χ4n) is 3.38. The largest absolute Gasteiger partial charge is 0.356 e. The molecule has 1 aromatic carbocycles. The standard InChI is InChI=1S/C17H21N5O5S2/c1-20-12-14(11-18-20)29(25,26)22-8-4-7-21(9-10-22)28(23,24)13-16-15-5-2-3-6-17(15)27-19-16/h2-3,5-6,11-12H,4,7-10,13H2,1H3. The molecule has 3 heterocycles. The molecule has 10 nitrogen and oxygen atoms in total. The van der Waals surface area contributed by atoms with E-state index in [4.69, 9.17) is 4.52 Å². The lowest BCUT2D eigenvalue weighted by atomic mass is 10.2. The Hall–Kier alpha value is -2.28. The first-order valence-electron chi connectivity index (χ1n) is 9.07. The summed E-state index contributed by atoms with van der Waals surface area (Å²) in [5.41, 5.74) is 0.881. The van der Waals surface area contributed by atoms with Crippen molar-refractivity contribution >= 4 is 31.0 Å². The second kappa shape index (κ2) is 7.52. The predicted molar refractivity (Wildman–Crippen MR) is 105 cm³/mol. The van der Waals surface area contributed by atoms with Gasteiger partial charge in [-0.2, -0.15) is 9.40 Å². The number of fused-ring (bicyclic) bond motifs is 1. The second-order valence-electron chi connectivity index (χ2n) is 6.89. The Morgan fingerprint density at radius 3 is 2.52 bits per heavy atom. The van der Waals surface area contributed by atoms with Crippen LogP contribution in [0.15, 0.2) is 46.1 Å². The summed E-state index contributed by atoms with van der Waals surface area (Å²) < 4.78 is 60.7. The Morgan fingerprint density at radius 1 is 1.03 bits per heavy atom. The summed E-state index contributed by atoms with van der Waals surface area (Å²) in [5.74, 6) is -0.292. The van der Waals surface area contributed by atoms with Gasteiger partial charge in [0.05, 0.1) is 6.20 Å². The zero-order chi connectivity index (χ0) is 20.6. The van der Waals surface area contributed by atoms with E-state index in [-0.39, 0.29) is 36.8 Å². The molecule has 12 heteroatoms. The Bertz CT molecular complexity index is 1230. The Balaban J connectivity index is 1.50. The van der Waals surface area contributed by atoms with Crippen LogP contribution < -0.4 is 0 Å². The molecular weight excluding hydrogens is 418 g/mol. The van der Waals surface area contributed by atoms with Gasteiger partial charge in [0.2, 0.25) is 20.0 Å². The molecule has 1 saturated heterocycles. The zero-order valence-corrected chi connectivity index (χ0v) is 17.4. The molecule has 0 aliphatic carbocycles. The van der Waals surface area contributed by atoms with E-state index < -0.39 is 20.0 Å². The van der Waals surface area contributed by atoms with Crippen LogP contribution in [0.3, 0.4) is 0 Å². The minimum absolute atomic E-state index is 0.0794. The van der Waals surface area contributed by atoms with Crippen LogP contribution in [-0.4, -0.2) is 66.6 Å². The van der Waals surface area contributed by atoms with Gasteiger partial charge in [-0.15, -0.1) is 0 Å². The van der Waals surface area contributed by atoms with Crippen LogP contribution in [0, 0.1) is 0 Å². The lowest BCUT2D eigenvalue weighted by Gasteiger charge is -2.21. The third-order valence-electron chi connectivity index (χ3n) is 4.90. The number of benzene rings is 1. The number of nitrogens with zero attached hydrogens (tertiary/aromatic N) is 5. The van der Waals surface area contributed by atoms with Gasteiger partial charge in [0.25, 0.3) is 0 Å². The average Bonchev–Trinajstić information content (AvgIpc) is 3.19. The molecule has 2 aromatic heterocycles. The normalized spacial score (nSPS) is 17.6. The summed E-state index contributed by atoms with van der Waals surface area (Å²) in [7, 11) is -5.75. The third-order valence-corrected chi connectivity index (χ3v) is 8.54. The molecule has 0 unspecified atom stereocenters. The predicted octanol–water partition coefficient (Wildman–Crippen LogP) is 0.788. The molecule has 0 amide bonds. The SMILES string of the molecule is Cn1cc(S(=O)(=O)N2CCCN(S(=O)(=O)Cc3noc4ccccc34)CC2)cn1. The number of rotatable bonds is 5. The molecular formula is C17H21N5O5S2.